The number of nitrogens with one attached hydrogen (secondary N) is 1. The van der Waals surface area contributed by atoms with E-state index in [0.29, 0.717) is 0 Å². The van der Waals surface area contributed by atoms with Crippen molar-refractivity contribution in [3.05, 3.63) is 66.2 Å². The molecule has 0 aliphatic carbocycles. The second-order valence-corrected chi connectivity index (χ2v) is 5.68. The van der Waals surface area contributed by atoms with Crippen LogP contribution < -0.4 is 5.32 Å². The Labute approximate surface area is 126 Å². The smallest absolute Gasteiger partial charge is 0.301 e. The van der Waals surface area contributed by atoms with Gasteiger partial charge in [-0.3, -0.25) is 0 Å². The molecule has 2 rings (SSSR count). The van der Waals surface area contributed by atoms with E-state index in [0.717, 1.165) is 10.5 Å². The molecule has 5 heteroatoms. The summed E-state index contributed by atoms with van der Waals surface area (Å²) in [4.78, 5) is 0.841. The van der Waals surface area contributed by atoms with Crippen molar-refractivity contribution in [3.8, 4) is 0 Å². The fraction of sp³-hybridized carbons (Fsp3) is 0.250. The molecule has 0 heterocycles. The van der Waals surface area contributed by atoms with Gasteiger partial charge < -0.3 is 5.32 Å². The third kappa shape index (κ3) is 5.44. The molecule has 2 aromatic carbocycles. The van der Waals surface area contributed by atoms with E-state index in [4.69, 9.17) is 0 Å². The van der Waals surface area contributed by atoms with Crippen molar-refractivity contribution in [3.63, 3.8) is 0 Å². The summed E-state index contributed by atoms with van der Waals surface area (Å²) in [6.45, 7) is 0.209. The van der Waals surface area contributed by atoms with Crippen molar-refractivity contribution >= 4 is 11.8 Å². The molecule has 1 atom stereocenters. The molecular weight excluding hydrogens is 295 g/mol. The van der Waals surface area contributed by atoms with Gasteiger partial charge in [-0.25, -0.2) is 0 Å². The largest absolute Gasteiger partial charge is 0.404 e. The van der Waals surface area contributed by atoms with E-state index in [1.54, 1.807) is 0 Å². The van der Waals surface area contributed by atoms with Crippen LogP contribution in [0, 0.1) is 0 Å². The van der Waals surface area contributed by atoms with E-state index in [-0.39, 0.29) is 12.3 Å². The van der Waals surface area contributed by atoms with Crippen LogP contribution in [0.2, 0.25) is 0 Å². The van der Waals surface area contributed by atoms with Crippen molar-refractivity contribution in [2.24, 2.45) is 0 Å². The monoisotopic (exact) mass is 311 g/mol. The van der Waals surface area contributed by atoms with Gasteiger partial charge in [-0.05, 0) is 17.7 Å². The first kappa shape index (κ1) is 15.9. The lowest BCUT2D eigenvalue weighted by atomic mass is 10.2. The minimum absolute atomic E-state index is 0.0413. The highest BCUT2D eigenvalue weighted by atomic mass is 32.2. The van der Waals surface area contributed by atoms with Crippen LogP contribution in [0.1, 0.15) is 5.56 Å². The van der Waals surface area contributed by atoms with Gasteiger partial charge in [0.2, 0.25) is 0 Å². The molecule has 0 saturated heterocycles. The molecule has 0 aliphatic rings. The Morgan fingerprint density at radius 1 is 0.905 bits per heavy atom. The molecule has 21 heavy (non-hydrogen) atoms. The number of hydrogen-bond acceptors (Lipinski definition) is 2. The molecule has 0 amide bonds. The zero-order chi connectivity index (χ0) is 15.1. The number of halogens is 3. The van der Waals surface area contributed by atoms with Crippen LogP contribution in [-0.2, 0) is 6.54 Å². The molecule has 112 valence electrons. The highest BCUT2D eigenvalue weighted by molar-refractivity contribution is 7.99. The Bertz CT molecular complexity index is 485. The summed E-state index contributed by atoms with van der Waals surface area (Å²) in [5, 5.41) is 2.60. The summed E-state index contributed by atoms with van der Waals surface area (Å²) in [5.41, 5.74) is 0.844. The quantitative estimate of drug-likeness (QED) is 0.788. The molecule has 0 aromatic heterocycles. The Kier molecular flexibility index (Phi) is 5.70. The van der Waals surface area contributed by atoms with E-state index >= 15 is 0 Å². The summed E-state index contributed by atoms with van der Waals surface area (Å²) in [5.74, 6) is -0.0413. The highest BCUT2D eigenvalue weighted by Gasteiger charge is 2.39. The number of hydrogen-bond donors (Lipinski definition) is 1. The summed E-state index contributed by atoms with van der Waals surface area (Å²) in [7, 11) is 0. The van der Waals surface area contributed by atoms with Gasteiger partial charge in [0.25, 0.3) is 0 Å². The van der Waals surface area contributed by atoms with Gasteiger partial charge in [-0.2, -0.15) is 13.2 Å². The van der Waals surface area contributed by atoms with Crippen LogP contribution in [0.3, 0.4) is 0 Å². The molecule has 0 aliphatic heterocycles. The van der Waals surface area contributed by atoms with E-state index in [9.17, 15) is 13.2 Å². The van der Waals surface area contributed by atoms with Crippen molar-refractivity contribution in [1.29, 1.82) is 0 Å². The van der Waals surface area contributed by atoms with Gasteiger partial charge in [-0.1, -0.05) is 48.5 Å². The average Bonchev–Trinajstić information content (AvgIpc) is 2.48. The van der Waals surface area contributed by atoms with Crippen LogP contribution in [-0.4, -0.2) is 18.0 Å². The second-order valence-electron chi connectivity index (χ2n) is 4.58. The topological polar surface area (TPSA) is 12.0 Å². The van der Waals surface area contributed by atoms with Gasteiger partial charge >= 0.3 is 6.18 Å². The summed E-state index contributed by atoms with van der Waals surface area (Å²) in [6.07, 6.45) is -4.25. The molecular formula is C16H16F3NS. The third-order valence-corrected chi connectivity index (χ3v) is 4.06. The van der Waals surface area contributed by atoms with Gasteiger partial charge in [-0.15, -0.1) is 11.8 Å². The SMILES string of the molecule is FC(F)(F)[C@@H](CSc1ccccc1)NCc1ccccc1. The van der Waals surface area contributed by atoms with Crippen molar-refractivity contribution in [2.45, 2.75) is 23.7 Å². The van der Waals surface area contributed by atoms with Crippen LogP contribution in [0.4, 0.5) is 13.2 Å². The van der Waals surface area contributed by atoms with E-state index in [1.165, 1.54) is 11.8 Å². The van der Waals surface area contributed by atoms with E-state index in [2.05, 4.69) is 5.32 Å². The first-order valence-electron chi connectivity index (χ1n) is 6.57. The van der Waals surface area contributed by atoms with E-state index < -0.39 is 12.2 Å². The normalized spacial score (nSPS) is 13.1. The molecule has 2 aromatic rings. The first-order chi connectivity index (χ1) is 10.1. The molecule has 0 spiro atoms. The maximum Gasteiger partial charge on any atom is 0.404 e. The number of rotatable bonds is 6. The Hall–Kier alpha value is -1.46. The maximum atomic E-state index is 13.0. The summed E-state index contributed by atoms with van der Waals surface area (Å²) < 4.78 is 39.1. The van der Waals surface area contributed by atoms with Crippen molar-refractivity contribution in [1.82, 2.24) is 5.32 Å². The molecule has 0 fully saturated rings. The van der Waals surface area contributed by atoms with Gasteiger partial charge in [0.05, 0.1) is 0 Å². The van der Waals surface area contributed by atoms with Gasteiger partial charge in [0.15, 0.2) is 0 Å². The third-order valence-electron chi connectivity index (χ3n) is 2.95. The minimum atomic E-state index is -4.25. The predicted octanol–water partition coefficient (Wildman–Crippen LogP) is 4.50. The first-order valence-corrected chi connectivity index (χ1v) is 7.56. The van der Waals surface area contributed by atoms with Gasteiger partial charge in [0, 0.05) is 17.2 Å². The molecule has 1 nitrogen and oxygen atoms in total. The van der Waals surface area contributed by atoms with Crippen LogP contribution in [0.25, 0.3) is 0 Å². The predicted molar refractivity (Wildman–Crippen MR) is 80.3 cm³/mol. The Balaban J connectivity index is 1.92. The molecule has 0 saturated carbocycles. The van der Waals surface area contributed by atoms with Crippen LogP contribution >= 0.6 is 11.8 Å². The zero-order valence-electron chi connectivity index (χ0n) is 11.3. The molecule has 0 unspecified atom stereocenters. The second kappa shape index (κ2) is 7.52. The average molecular weight is 311 g/mol. The van der Waals surface area contributed by atoms with Gasteiger partial charge in [0.1, 0.15) is 6.04 Å². The van der Waals surface area contributed by atoms with Crippen LogP contribution in [0.5, 0.6) is 0 Å². The van der Waals surface area contributed by atoms with Crippen LogP contribution in [0.15, 0.2) is 65.6 Å². The fourth-order valence-electron chi connectivity index (χ4n) is 1.80. The zero-order valence-corrected chi connectivity index (χ0v) is 12.1. The van der Waals surface area contributed by atoms with Crippen molar-refractivity contribution in [2.75, 3.05) is 5.75 Å². The molecule has 0 radical (unpaired) electrons. The fourth-order valence-corrected chi connectivity index (χ4v) is 2.82. The number of thioether (sulfide) groups is 1. The lowest BCUT2D eigenvalue weighted by Crippen LogP contribution is -2.43. The number of benzene rings is 2. The van der Waals surface area contributed by atoms with E-state index in [1.807, 2.05) is 60.7 Å². The molecule has 1 N–H and O–H groups in total. The summed E-state index contributed by atoms with van der Waals surface area (Å²) >= 11 is 1.21. The minimum Gasteiger partial charge on any atom is -0.301 e. The standard InChI is InChI=1S/C16H16F3NS/c17-16(18,19)15(12-21-14-9-5-2-6-10-14)20-11-13-7-3-1-4-8-13/h1-10,15,20H,11-12H2/t15-/m1/s1. The number of alkyl halides is 3. The highest BCUT2D eigenvalue weighted by Crippen LogP contribution is 2.27. The maximum absolute atomic E-state index is 13.0. The lowest BCUT2D eigenvalue weighted by Gasteiger charge is -2.21. The Morgan fingerprint density at radius 3 is 2.05 bits per heavy atom. The Morgan fingerprint density at radius 2 is 1.48 bits per heavy atom. The molecule has 0 bridgehead atoms. The van der Waals surface area contributed by atoms with Crippen molar-refractivity contribution < 1.29 is 13.2 Å². The summed E-state index contributed by atoms with van der Waals surface area (Å²) in [6, 6.07) is 16.7. The lowest BCUT2D eigenvalue weighted by molar-refractivity contribution is -0.150.